The Labute approximate surface area is 99.3 Å². The molecule has 1 saturated carbocycles. The molecule has 0 heterocycles. The molecule has 0 aliphatic heterocycles. The molecule has 2 atom stereocenters. The van der Waals surface area contributed by atoms with Crippen molar-refractivity contribution in [3.63, 3.8) is 0 Å². The summed E-state index contributed by atoms with van der Waals surface area (Å²) in [5, 5.41) is 3.70. The minimum absolute atomic E-state index is 0.764. The number of hydrogen-bond acceptors (Lipinski definition) is 1. The molecule has 0 spiro atoms. The molecule has 16 heavy (non-hydrogen) atoms. The van der Waals surface area contributed by atoms with Crippen LogP contribution in [0.2, 0.25) is 0 Å². The molecule has 1 aliphatic rings. The van der Waals surface area contributed by atoms with E-state index in [1.54, 1.807) is 0 Å². The Kier molecular flexibility index (Phi) is 4.41. The van der Waals surface area contributed by atoms with Gasteiger partial charge in [-0.25, -0.2) is 0 Å². The summed E-state index contributed by atoms with van der Waals surface area (Å²) in [6.07, 6.45) is 6.67. The van der Waals surface area contributed by atoms with Crippen molar-refractivity contribution in [2.75, 3.05) is 6.54 Å². The van der Waals surface area contributed by atoms with Crippen LogP contribution in [0.3, 0.4) is 0 Å². The van der Waals surface area contributed by atoms with Crippen molar-refractivity contribution in [1.29, 1.82) is 0 Å². The molecular formula is C15H23N. The quantitative estimate of drug-likeness (QED) is 0.797. The van der Waals surface area contributed by atoms with E-state index in [1.807, 2.05) is 0 Å². The van der Waals surface area contributed by atoms with Crippen LogP contribution in [0.5, 0.6) is 0 Å². The summed E-state index contributed by atoms with van der Waals surface area (Å²) in [7, 11) is 0. The fraction of sp³-hybridized carbons (Fsp3) is 0.600. The molecule has 1 aromatic carbocycles. The van der Waals surface area contributed by atoms with Gasteiger partial charge in [-0.15, -0.1) is 0 Å². The first-order chi connectivity index (χ1) is 7.90. The maximum atomic E-state index is 3.70. The third kappa shape index (κ3) is 3.08. The zero-order valence-electron chi connectivity index (χ0n) is 10.3. The number of benzene rings is 1. The Hall–Kier alpha value is -0.820. The van der Waals surface area contributed by atoms with E-state index in [0.717, 1.165) is 12.0 Å². The first kappa shape index (κ1) is 11.7. The highest BCUT2D eigenvalue weighted by molar-refractivity contribution is 5.16. The van der Waals surface area contributed by atoms with Crippen LogP contribution in [-0.4, -0.2) is 12.6 Å². The lowest BCUT2D eigenvalue weighted by molar-refractivity contribution is 0.399. The standard InChI is InChI=1S/C15H23N/c1-2-11-16-15-10-6-9-14(15)12-13-7-4-3-5-8-13/h3-5,7-8,14-16H,2,6,9-12H2,1H3. The van der Waals surface area contributed by atoms with Gasteiger partial charge in [-0.3, -0.25) is 0 Å². The Morgan fingerprint density at radius 3 is 2.75 bits per heavy atom. The van der Waals surface area contributed by atoms with Crippen molar-refractivity contribution >= 4 is 0 Å². The molecule has 1 heteroatoms. The Balaban J connectivity index is 1.88. The molecule has 0 aromatic heterocycles. The second kappa shape index (κ2) is 6.05. The minimum Gasteiger partial charge on any atom is -0.314 e. The van der Waals surface area contributed by atoms with E-state index >= 15 is 0 Å². The van der Waals surface area contributed by atoms with Gasteiger partial charge in [0.25, 0.3) is 0 Å². The molecule has 0 radical (unpaired) electrons. The van der Waals surface area contributed by atoms with Gasteiger partial charge in [0.15, 0.2) is 0 Å². The van der Waals surface area contributed by atoms with Crippen LogP contribution < -0.4 is 5.32 Å². The van der Waals surface area contributed by atoms with Gasteiger partial charge in [0, 0.05) is 6.04 Å². The van der Waals surface area contributed by atoms with Crippen molar-refractivity contribution < 1.29 is 0 Å². The highest BCUT2D eigenvalue weighted by Gasteiger charge is 2.26. The monoisotopic (exact) mass is 217 g/mol. The molecule has 0 saturated heterocycles. The van der Waals surface area contributed by atoms with Crippen LogP contribution >= 0.6 is 0 Å². The van der Waals surface area contributed by atoms with E-state index in [0.29, 0.717) is 0 Å². The van der Waals surface area contributed by atoms with Gasteiger partial charge < -0.3 is 5.32 Å². The Morgan fingerprint density at radius 2 is 2.00 bits per heavy atom. The van der Waals surface area contributed by atoms with Crippen LogP contribution in [0.25, 0.3) is 0 Å². The smallest absolute Gasteiger partial charge is 0.00985 e. The number of nitrogens with one attached hydrogen (secondary N) is 1. The van der Waals surface area contributed by atoms with E-state index < -0.39 is 0 Å². The third-order valence-corrected chi connectivity index (χ3v) is 3.66. The van der Waals surface area contributed by atoms with Gasteiger partial charge in [0.05, 0.1) is 0 Å². The molecule has 2 unspecified atom stereocenters. The molecule has 1 nitrogen and oxygen atoms in total. The van der Waals surface area contributed by atoms with Crippen LogP contribution in [0, 0.1) is 5.92 Å². The fourth-order valence-electron chi connectivity index (χ4n) is 2.80. The molecule has 1 aliphatic carbocycles. The van der Waals surface area contributed by atoms with Crippen LogP contribution in [-0.2, 0) is 6.42 Å². The van der Waals surface area contributed by atoms with Gasteiger partial charge in [-0.2, -0.15) is 0 Å². The second-order valence-corrected chi connectivity index (χ2v) is 4.94. The van der Waals surface area contributed by atoms with Crippen LogP contribution in [0.1, 0.15) is 38.2 Å². The Bertz CT molecular complexity index is 294. The summed E-state index contributed by atoms with van der Waals surface area (Å²) in [6.45, 7) is 3.42. The number of rotatable bonds is 5. The lowest BCUT2D eigenvalue weighted by Crippen LogP contribution is -2.33. The first-order valence-corrected chi connectivity index (χ1v) is 6.67. The summed E-state index contributed by atoms with van der Waals surface area (Å²) >= 11 is 0. The predicted molar refractivity (Wildman–Crippen MR) is 69.6 cm³/mol. The lowest BCUT2D eigenvalue weighted by atomic mass is 9.94. The van der Waals surface area contributed by atoms with E-state index in [2.05, 4.69) is 42.6 Å². The normalized spacial score (nSPS) is 24.8. The van der Waals surface area contributed by atoms with Gasteiger partial charge in [0.1, 0.15) is 0 Å². The molecular weight excluding hydrogens is 194 g/mol. The summed E-state index contributed by atoms with van der Waals surface area (Å²) in [4.78, 5) is 0. The van der Waals surface area contributed by atoms with Crippen molar-refractivity contribution in [2.24, 2.45) is 5.92 Å². The van der Waals surface area contributed by atoms with Crippen molar-refractivity contribution in [3.8, 4) is 0 Å². The molecule has 1 fully saturated rings. The van der Waals surface area contributed by atoms with Crippen LogP contribution in [0.4, 0.5) is 0 Å². The van der Waals surface area contributed by atoms with Crippen LogP contribution in [0.15, 0.2) is 30.3 Å². The zero-order chi connectivity index (χ0) is 11.2. The highest BCUT2D eigenvalue weighted by atomic mass is 14.9. The van der Waals surface area contributed by atoms with E-state index in [-0.39, 0.29) is 0 Å². The second-order valence-electron chi connectivity index (χ2n) is 4.94. The topological polar surface area (TPSA) is 12.0 Å². The Morgan fingerprint density at radius 1 is 1.19 bits per heavy atom. The van der Waals surface area contributed by atoms with E-state index in [9.17, 15) is 0 Å². The molecule has 0 bridgehead atoms. The average Bonchev–Trinajstić information content (AvgIpc) is 2.75. The SMILES string of the molecule is CCCNC1CCCC1Cc1ccccc1. The average molecular weight is 217 g/mol. The summed E-state index contributed by atoms with van der Waals surface area (Å²) in [5.41, 5.74) is 1.50. The molecule has 1 N–H and O–H groups in total. The maximum absolute atomic E-state index is 3.70. The highest BCUT2D eigenvalue weighted by Crippen LogP contribution is 2.28. The predicted octanol–water partition coefficient (Wildman–Crippen LogP) is 3.40. The van der Waals surface area contributed by atoms with E-state index in [4.69, 9.17) is 0 Å². The van der Waals surface area contributed by atoms with Gasteiger partial charge in [-0.05, 0) is 43.7 Å². The lowest BCUT2D eigenvalue weighted by Gasteiger charge is -2.20. The molecule has 1 aromatic rings. The summed E-state index contributed by atoms with van der Waals surface area (Å²) in [5.74, 6) is 0.856. The van der Waals surface area contributed by atoms with Gasteiger partial charge in [0.2, 0.25) is 0 Å². The first-order valence-electron chi connectivity index (χ1n) is 6.67. The maximum Gasteiger partial charge on any atom is 0.00985 e. The van der Waals surface area contributed by atoms with Gasteiger partial charge >= 0.3 is 0 Å². The molecule has 88 valence electrons. The fourth-order valence-corrected chi connectivity index (χ4v) is 2.80. The molecule has 2 rings (SSSR count). The molecule has 0 amide bonds. The number of hydrogen-bond donors (Lipinski definition) is 1. The van der Waals surface area contributed by atoms with E-state index in [1.165, 1.54) is 44.2 Å². The van der Waals surface area contributed by atoms with Crippen molar-refractivity contribution in [3.05, 3.63) is 35.9 Å². The summed E-state index contributed by atoms with van der Waals surface area (Å²) in [6, 6.07) is 11.7. The third-order valence-electron chi connectivity index (χ3n) is 3.66. The summed E-state index contributed by atoms with van der Waals surface area (Å²) < 4.78 is 0. The van der Waals surface area contributed by atoms with Gasteiger partial charge in [-0.1, -0.05) is 43.7 Å². The zero-order valence-corrected chi connectivity index (χ0v) is 10.3. The van der Waals surface area contributed by atoms with Crippen molar-refractivity contribution in [1.82, 2.24) is 5.32 Å². The largest absolute Gasteiger partial charge is 0.314 e. The minimum atomic E-state index is 0.764. The van der Waals surface area contributed by atoms with Crippen molar-refractivity contribution in [2.45, 2.75) is 45.1 Å².